The van der Waals surface area contributed by atoms with Gasteiger partial charge in [0.2, 0.25) is 0 Å². The van der Waals surface area contributed by atoms with E-state index in [1.54, 1.807) is 52.3 Å². The quantitative estimate of drug-likeness (QED) is 0.705. The Bertz CT molecular complexity index is 1090. The Morgan fingerprint density at radius 3 is 2.06 bits per heavy atom. The highest BCUT2D eigenvalue weighted by Gasteiger charge is 2.26. The van der Waals surface area contributed by atoms with Gasteiger partial charge in [0, 0.05) is 43.0 Å². The molecule has 1 aliphatic heterocycles. The molecule has 1 N–H and O–H groups in total. The molecular weight excluding hydrogens is 394 g/mol. The van der Waals surface area contributed by atoms with Gasteiger partial charge in [-0.15, -0.1) is 0 Å². The normalized spacial score (nSPS) is 13.7. The van der Waals surface area contributed by atoms with E-state index in [-0.39, 0.29) is 23.5 Å². The third-order valence-corrected chi connectivity index (χ3v) is 5.35. The molecule has 1 saturated heterocycles. The number of nitrogens with zero attached hydrogens (tertiary/aromatic N) is 2. The molecule has 0 saturated carbocycles. The molecule has 1 aromatic heterocycles. The average Bonchev–Trinajstić information content (AvgIpc) is 3.35. The zero-order valence-corrected chi connectivity index (χ0v) is 17.2. The monoisotopic (exact) mass is 417 g/mol. The fourth-order valence-electron chi connectivity index (χ4n) is 3.54. The summed E-state index contributed by atoms with van der Waals surface area (Å²) in [7, 11) is 0. The topological polar surface area (TPSA) is 82.9 Å². The lowest BCUT2D eigenvalue weighted by atomic mass is 10.1. The number of carbonyl (C=O) groups is 3. The molecule has 2 heterocycles. The first-order valence-corrected chi connectivity index (χ1v) is 10.1. The van der Waals surface area contributed by atoms with E-state index in [4.69, 9.17) is 4.42 Å². The van der Waals surface area contributed by atoms with E-state index < -0.39 is 0 Å². The molecule has 4 rings (SSSR count). The fraction of sp³-hybridized carbons (Fsp3) is 0.208. The molecule has 0 bridgehead atoms. The van der Waals surface area contributed by atoms with E-state index >= 15 is 0 Å². The van der Waals surface area contributed by atoms with Crippen molar-refractivity contribution < 1.29 is 18.8 Å². The highest BCUT2D eigenvalue weighted by molar-refractivity contribution is 6.04. The molecular formula is C24H23N3O4. The minimum atomic E-state index is -0.370. The number of piperazine rings is 1. The fourth-order valence-corrected chi connectivity index (χ4v) is 3.54. The van der Waals surface area contributed by atoms with E-state index in [0.29, 0.717) is 43.0 Å². The number of amides is 3. The summed E-state index contributed by atoms with van der Waals surface area (Å²) in [4.78, 5) is 41.4. The molecule has 1 aliphatic rings. The number of aryl methyl sites for hydroxylation is 1. The Morgan fingerprint density at radius 1 is 0.806 bits per heavy atom. The van der Waals surface area contributed by atoms with Gasteiger partial charge in [0.25, 0.3) is 17.7 Å². The van der Waals surface area contributed by atoms with E-state index in [0.717, 1.165) is 5.56 Å². The van der Waals surface area contributed by atoms with Crippen molar-refractivity contribution in [3.8, 4) is 0 Å². The molecule has 3 amide bonds. The molecule has 7 heteroatoms. The van der Waals surface area contributed by atoms with Crippen LogP contribution in [0.5, 0.6) is 0 Å². The van der Waals surface area contributed by atoms with Gasteiger partial charge in [0.1, 0.15) is 0 Å². The zero-order chi connectivity index (χ0) is 21.8. The van der Waals surface area contributed by atoms with Gasteiger partial charge < -0.3 is 19.5 Å². The molecule has 1 fully saturated rings. The maximum atomic E-state index is 13.0. The minimum absolute atomic E-state index is 0.0223. The van der Waals surface area contributed by atoms with Crippen molar-refractivity contribution in [1.82, 2.24) is 9.80 Å². The van der Waals surface area contributed by atoms with Gasteiger partial charge in [-0.25, -0.2) is 0 Å². The summed E-state index contributed by atoms with van der Waals surface area (Å²) in [5.41, 5.74) is 2.54. The average molecular weight is 417 g/mol. The summed E-state index contributed by atoms with van der Waals surface area (Å²) in [5.74, 6) is -0.313. The second-order valence-electron chi connectivity index (χ2n) is 7.41. The Hall–Kier alpha value is -3.87. The molecule has 0 atom stereocenters. The second kappa shape index (κ2) is 8.87. The molecule has 0 radical (unpaired) electrons. The summed E-state index contributed by atoms with van der Waals surface area (Å²) in [6, 6.07) is 17.6. The molecule has 7 nitrogen and oxygen atoms in total. The highest BCUT2D eigenvalue weighted by atomic mass is 16.3. The number of hydrogen-bond donors (Lipinski definition) is 1. The van der Waals surface area contributed by atoms with E-state index in [2.05, 4.69) is 5.32 Å². The lowest BCUT2D eigenvalue weighted by Gasteiger charge is -2.35. The summed E-state index contributed by atoms with van der Waals surface area (Å²) < 4.78 is 5.12. The van der Waals surface area contributed by atoms with E-state index in [1.165, 1.54) is 6.26 Å². The van der Waals surface area contributed by atoms with Crippen LogP contribution < -0.4 is 5.32 Å². The highest BCUT2D eigenvalue weighted by Crippen LogP contribution is 2.20. The second-order valence-corrected chi connectivity index (χ2v) is 7.41. The summed E-state index contributed by atoms with van der Waals surface area (Å²) in [6.45, 7) is 3.74. The Labute approximate surface area is 180 Å². The maximum Gasteiger partial charge on any atom is 0.291 e. The third-order valence-electron chi connectivity index (χ3n) is 5.35. The van der Waals surface area contributed by atoms with E-state index in [9.17, 15) is 14.4 Å². The summed E-state index contributed by atoms with van der Waals surface area (Å²) in [6.07, 6.45) is 1.43. The van der Waals surface area contributed by atoms with Crippen molar-refractivity contribution in [3.05, 3.63) is 89.4 Å². The van der Waals surface area contributed by atoms with Crippen molar-refractivity contribution in [2.24, 2.45) is 0 Å². The Morgan fingerprint density at radius 2 is 1.45 bits per heavy atom. The SMILES string of the molecule is Cc1ccc(C(=O)N2CCN(C(=O)c3ccccc3)CC2)cc1NC(=O)c1ccco1. The number of anilines is 1. The molecule has 158 valence electrons. The van der Waals surface area contributed by atoms with Gasteiger partial charge in [0.15, 0.2) is 5.76 Å². The Balaban J connectivity index is 1.41. The first kappa shape index (κ1) is 20.4. The molecule has 0 spiro atoms. The van der Waals surface area contributed by atoms with Crippen LogP contribution in [0.1, 0.15) is 36.8 Å². The first-order chi connectivity index (χ1) is 15.0. The predicted octanol–water partition coefficient (Wildman–Crippen LogP) is 3.44. The van der Waals surface area contributed by atoms with Crippen LogP contribution in [-0.2, 0) is 0 Å². The summed E-state index contributed by atoms with van der Waals surface area (Å²) >= 11 is 0. The van der Waals surface area contributed by atoms with Crippen LogP contribution in [0.25, 0.3) is 0 Å². The van der Waals surface area contributed by atoms with Crippen LogP contribution in [0.2, 0.25) is 0 Å². The summed E-state index contributed by atoms with van der Waals surface area (Å²) in [5, 5.41) is 2.79. The zero-order valence-electron chi connectivity index (χ0n) is 17.2. The van der Waals surface area contributed by atoms with Gasteiger partial charge in [-0.1, -0.05) is 24.3 Å². The lowest BCUT2D eigenvalue weighted by Crippen LogP contribution is -2.50. The smallest absolute Gasteiger partial charge is 0.291 e. The number of hydrogen-bond acceptors (Lipinski definition) is 4. The van der Waals surface area contributed by atoms with Crippen LogP contribution in [0, 0.1) is 6.92 Å². The van der Waals surface area contributed by atoms with Crippen LogP contribution in [-0.4, -0.2) is 53.7 Å². The predicted molar refractivity (Wildman–Crippen MR) is 116 cm³/mol. The number of carbonyl (C=O) groups excluding carboxylic acids is 3. The minimum Gasteiger partial charge on any atom is -0.459 e. The number of nitrogens with one attached hydrogen (secondary N) is 1. The van der Waals surface area contributed by atoms with Gasteiger partial charge in [-0.05, 0) is 48.9 Å². The number of benzene rings is 2. The maximum absolute atomic E-state index is 13.0. The van der Waals surface area contributed by atoms with Crippen LogP contribution in [0.4, 0.5) is 5.69 Å². The van der Waals surface area contributed by atoms with Gasteiger partial charge in [0.05, 0.1) is 6.26 Å². The molecule has 31 heavy (non-hydrogen) atoms. The van der Waals surface area contributed by atoms with Crippen LogP contribution >= 0.6 is 0 Å². The molecule has 2 aromatic carbocycles. The van der Waals surface area contributed by atoms with Crippen molar-refractivity contribution in [3.63, 3.8) is 0 Å². The molecule has 0 aliphatic carbocycles. The van der Waals surface area contributed by atoms with Crippen LogP contribution in [0.15, 0.2) is 71.3 Å². The Kier molecular flexibility index (Phi) is 5.84. The van der Waals surface area contributed by atoms with Crippen molar-refractivity contribution in [1.29, 1.82) is 0 Å². The van der Waals surface area contributed by atoms with Gasteiger partial charge in [-0.2, -0.15) is 0 Å². The van der Waals surface area contributed by atoms with Crippen LogP contribution in [0.3, 0.4) is 0 Å². The standard InChI is InChI=1S/C24H23N3O4/c1-17-9-10-19(16-20(17)25-22(28)21-8-5-15-31-21)24(30)27-13-11-26(12-14-27)23(29)18-6-3-2-4-7-18/h2-10,15-16H,11-14H2,1H3,(H,25,28). The molecule has 3 aromatic rings. The first-order valence-electron chi connectivity index (χ1n) is 10.1. The largest absolute Gasteiger partial charge is 0.459 e. The van der Waals surface area contributed by atoms with Crippen molar-refractivity contribution in [2.45, 2.75) is 6.92 Å². The van der Waals surface area contributed by atoms with Crippen molar-refractivity contribution in [2.75, 3.05) is 31.5 Å². The van der Waals surface area contributed by atoms with Crippen molar-refractivity contribution >= 4 is 23.4 Å². The lowest BCUT2D eigenvalue weighted by molar-refractivity contribution is 0.0535. The molecule has 0 unspecified atom stereocenters. The number of furan rings is 1. The third kappa shape index (κ3) is 4.50. The number of rotatable bonds is 4. The van der Waals surface area contributed by atoms with E-state index in [1.807, 2.05) is 25.1 Å². The van der Waals surface area contributed by atoms with Gasteiger partial charge >= 0.3 is 0 Å². The van der Waals surface area contributed by atoms with Gasteiger partial charge in [-0.3, -0.25) is 14.4 Å².